The fourth-order valence-corrected chi connectivity index (χ4v) is 5.08. The number of halogens is 1. The summed E-state index contributed by atoms with van der Waals surface area (Å²) in [6, 6.07) is 11.2. The minimum Gasteiger partial charge on any atom is -0.492 e. The monoisotopic (exact) mass is 612 g/mol. The number of amides is 2. The smallest absolute Gasteiger partial charge is 0.293 e. The molecule has 45 heavy (non-hydrogen) atoms. The molecule has 0 atom stereocenters. The summed E-state index contributed by atoms with van der Waals surface area (Å²) >= 11 is 0. The number of rotatable bonds is 9. The molecule has 2 aromatic carbocycles. The Kier molecular flexibility index (Phi) is 8.54. The Morgan fingerprint density at radius 2 is 1.71 bits per heavy atom. The lowest BCUT2D eigenvalue weighted by atomic mass is 10.1. The highest BCUT2D eigenvalue weighted by molar-refractivity contribution is 6.04. The number of hydrogen-bond donors (Lipinski definition) is 2. The highest BCUT2D eigenvalue weighted by Gasteiger charge is 2.18. The summed E-state index contributed by atoms with van der Waals surface area (Å²) in [6.45, 7) is 8.96. The molecule has 0 aliphatic carbocycles. The van der Waals surface area contributed by atoms with E-state index in [1.165, 1.54) is 24.4 Å². The lowest BCUT2D eigenvalue weighted by Gasteiger charge is -2.32. The molecule has 13 heteroatoms. The molecule has 5 aromatic rings. The average Bonchev–Trinajstić information content (AvgIpc) is 3.61. The Labute approximate surface area is 258 Å². The number of carbonyl (C=O) groups excluding carboxylic acids is 2. The van der Waals surface area contributed by atoms with Crippen molar-refractivity contribution in [2.75, 3.05) is 57.0 Å². The predicted octanol–water partition coefficient (Wildman–Crippen LogP) is 4.27. The van der Waals surface area contributed by atoms with Gasteiger partial charge in [-0.25, -0.2) is 19.3 Å². The molecule has 1 aliphatic heterocycles. The van der Waals surface area contributed by atoms with E-state index < -0.39 is 11.7 Å². The molecule has 1 aliphatic rings. The van der Waals surface area contributed by atoms with Gasteiger partial charge in [0.2, 0.25) is 11.5 Å². The molecule has 0 radical (unpaired) electrons. The highest BCUT2D eigenvalue weighted by atomic mass is 19.1. The molecule has 1 saturated heterocycles. The molecule has 232 valence electrons. The number of aromatic nitrogens is 4. The first-order valence-electron chi connectivity index (χ1n) is 14.6. The number of ether oxygens (including phenoxy) is 1. The maximum absolute atomic E-state index is 14.9. The van der Waals surface area contributed by atoms with Gasteiger partial charge in [0.25, 0.3) is 11.8 Å². The number of likely N-dealkylation sites (N-methyl/N-ethyl adjacent to an activating group) is 1. The van der Waals surface area contributed by atoms with Crippen LogP contribution >= 0.6 is 0 Å². The number of imidazole rings is 1. The lowest BCUT2D eigenvalue weighted by Crippen LogP contribution is -2.45. The van der Waals surface area contributed by atoms with E-state index >= 15 is 0 Å². The van der Waals surface area contributed by atoms with Crippen molar-refractivity contribution in [3.63, 3.8) is 0 Å². The van der Waals surface area contributed by atoms with Crippen LogP contribution < -0.4 is 15.4 Å². The molecule has 6 rings (SSSR count). The Morgan fingerprint density at radius 1 is 0.956 bits per heavy atom. The number of anilines is 2. The summed E-state index contributed by atoms with van der Waals surface area (Å²) < 4.78 is 27.7. The van der Waals surface area contributed by atoms with Crippen molar-refractivity contribution in [1.29, 1.82) is 0 Å². The van der Waals surface area contributed by atoms with Gasteiger partial charge in [-0.05, 0) is 56.4 Å². The summed E-state index contributed by atoms with van der Waals surface area (Å²) in [7, 11) is 2.13. The van der Waals surface area contributed by atoms with Gasteiger partial charge in [-0.2, -0.15) is 0 Å². The van der Waals surface area contributed by atoms with Gasteiger partial charge in [0, 0.05) is 68.9 Å². The minimum atomic E-state index is -0.525. The van der Waals surface area contributed by atoms with E-state index in [1.807, 2.05) is 0 Å². The molecule has 2 N–H and O–H groups in total. The zero-order valence-corrected chi connectivity index (χ0v) is 25.2. The first-order chi connectivity index (χ1) is 21.7. The quantitative estimate of drug-likeness (QED) is 0.251. The van der Waals surface area contributed by atoms with Crippen LogP contribution in [0.1, 0.15) is 32.5 Å². The van der Waals surface area contributed by atoms with Crippen LogP contribution in [0.4, 0.5) is 15.8 Å². The zero-order valence-electron chi connectivity index (χ0n) is 25.2. The van der Waals surface area contributed by atoms with Gasteiger partial charge in [-0.15, -0.1) is 0 Å². The zero-order chi connectivity index (χ0) is 31.5. The van der Waals surface area contributed by atoms with Crippen LogP contribution in [-0.4, -0.2) is 87.3 Å². The Morgan fingerprint density at radius 3 is 2.44 bits per heavy atom. The third-order valence-corrected chi connectivity index (χ3v) is 7.57. The fraction of sp³-hybridized carbons (Fsp3) is 0.281. The SMILES string of the molecule is Cc1nc(C)c(C(=O)Nc2ccc(F)c(-c3cn4cc(NC(=O)c5ccc(OCCN6CCN(C)CC6)cc5)cnc4n3)c2)o1. The van der Waals surface area contributed by atoms with Crippen LogP contribution in [0.5, 0.6) is 5.75 Å². The van der Waals surface area contributed by atoms with Crippen molar-refractivity contribution in [3.05, 3.63) is 89.8 Å². The van der Waals surface area contributed by atoms with Crippen molar-refractivity contribution >= 4 is 29.0 Å². The molecule has 3 aromatic heterocycles. The third kappa shape index (κ3) is 7.00. The van der Waals surface area contributed by atoms with E-state index in [-0.39, 0.29) is 17.2 Å². The van der Waals surface area contributed by atoms with Crippen LogP contribution in [0.3, 0.4) is 0 Å². The Balaban J connectivity index is 1.09. The number of aryl methyl sites for hydroxylation is 2. The third-order valence-electron chi connectivity index (χ3n) is 7.57. The molecule has 2 amide bonds. The molecular weight excluding hydrogens is 579 g/mol. The van der Waals surface area contributed by atoms with Crippen LogP contribution in [0, 0.1) is 19.7 Å². The summed E-state index contributed by atoms with van der Waals surface area (Å²) in [5.41, 5.74) is 2.18. The number of benzene rings is 2. The van der Waals surface area contributed by atoms with Crippen LogP contribution in [0.15, 0.2) is 65.5 Å². The number of fused-ring (bicyclic) bond motifs is 1. The van der Waals surface area contributed by atoms with E-state index in [1.54, 1.807) is 54.9 Å². The first-order valence-corrected chi connectivity index (χ1v) is 14.6. The predicted molar refractivity (Wildman–Crippen MR) is 166 cm³/mol. The first kappa shape index (κ1) is 29.9. The van der Waals surface area contributed by atoms with Crippen LogP contribution in [0.25, 0.3) is 17.0 Å². The van der Waals surface area contributed by atoms with Crippen molar-refractivity contribution in [2.24, 2.45) is 0 Å². The van der Waals surface area contributed by atoms with E-state index in [0.29, 0.717) is 52.4 Å². The Bertz CT molecular complexity index is 1840. The van der Waals surface area contributed by atoms with Crippen molar-refractivity contribution < 1.29 is 23.1 Å². The number of hydrogen-bond acceptors (Lipinski definition) is 9. The molecule has 4 heterocycles. The second kappa shape index (κ2) is 12.8. The van der Waals surface area contributed by atoms with Gasteiger partial charge in [0.1, 0.15) is 18.2 Å². The number of oxazole rings is 1. The van der Waals surface area contributed by atoms with E-state index in [0.717, 1.165) is 32.7 Å². The van der Waals surface area contributed by atoms with Gasteiger partial charge in [-0.3, -0.25) is 18.9 Å². The highest BCUT2D eigenvalue weighted by Crippen LogP contribution is 2.27. The molecule has 0 unspecified atom stereocenters. The summed E-state index contributed by atoms with van der Waals surface area (Å²) in [4.78, 5) is 43.1. The van der Waals surface area contributed by atoms with Gasteiger partial charge < -0.3 is 24.7 Å². The van der Waals surface area contributed by atoms with Gasteiger partial charge in [0.05, 0.1) is 23.3 Å². The van der Waals surface area contributed by atoms with Crippen molar-refractivity contribution in [2.45, 2.75) is 13.8 Å². The maximum atomic E-state index is 14.9. The van der Waals surface area contributed by atoms with Crippen LogP contribution in [0.2, 0.25) is 0 Å². The van der Waals surface area contributed by atoms with E-state index in [9.17, 15) is 14.0 Å². The van der Waals surface area contributed by atoms with Gasteiger partial charge in [-0.1, -0.05) is 0 Å². The lowest BCUT2D eigenvalue weighted by molar-refractivity contribution is 0.0992. The normalized spacial score (nSPS) is 14.0. The second-order valence-corrected chi connectivity index (χ2v) is 10.9. The Hall–Kier alpha value is -5.14. The average molecular weight is 613 g/mol. The van der Waals surface area contributed by atoms with E-state index in [4.69, 9.17) is 9.15 Å². The number of piperazine rings is 1. The number of nitrogens with zero attached hydrogens (tertiary/aromatic N) is 6. The standard InChI is InChI=1S/C32H33FN8O4/c1-20-29(45-21(2)35-20)31(43)36-23-6-9-27(33)26(16-23)28-19-41-18-24(17-34-32(41)38-28)37-30(42)22-4-7-25(8-5-22)44-15-14-40-12-10-39(3)11-13-40/h4-9,16-19H,10-15H2,1-3H3,(H,36,43)(H,37,42). The molecule has 12 nitrogen and oxygen atoms in total. The molecule has 1 fully saturated rings. The second-order valence-electron chi connectivity index (χ2n) is 10.9. The largest absolute Gasteiger partial charge is 0.492 e. The molecule has 0 saturated carbocycles. The number of carbonyl (C=O) groups is 2. The van der Waals surface area contributed by atoms with Crippen molar-refractivity contribution in [1.82, 2.24) is 29.2 Å². The van der Waals surface area contributed by atoms with Crippen molar-refractivity contribution in [3.8, 4) is 17.0 Å². The summed E-state index contributed by atoms with van der Waals surface area (Å²) in [5, 5.41) is 5.55. The number of nitrogens with one attached hydrogen (secondary N) is 2. The van der Waals surface area contributed by atoms with E-state index in [2.05, 4.69) is 42.4 Å². The molecular formula is C32H33FN8O4. The van der Waals surface area contributed by atoms with Gasteiger partial charge in [0.15, 0.2) is 5.89 Å². The fourth-order valence-electron chi connectivity index (χ4n) is 5.08. The van der Waals surface area contributed by atoms with Gasteiger partial charge >= 0.3 is 0 Å². The summed E-state index contributed by atoms with van der Waals surface area (Å²) in [6.07, 6.45) is 4.72. The maximum Gasteiger partial charge on any atom is 0.293 e. The summed E-state index contributed by atoms with van der Waals surface area (Å²) in [5.74, 6) is 0.143. The minimum absolute atomic E-state index is 0.0888. The molecule has 0 bridgehead atoms. The van der Waals surface area contributed by atoms with Crippen LogP contribution in [-0.2, 0) is 0 Å². The molecule has 0 spiro atoms. The topological polar surface area (TPSA) is 130 Å².